The smallest absolute Gasteiger partial charge is 0.342 e. The third kappa shape index (κ3) is 8.11. The first-order valence-corrected chi connectivity index (χ1v) is 20.6. The van der Waals surface area contributed by atoms with Gasteiger partial charge in [-0.15, -0.1) is 0 Å². The predicted molar refractivity (Wildman–Crippen MR) is 214 cm³/mol. The van der Waals surface area contributed by atoms with Crippen LogP contribution in [0.5, 0.6) is 5.75 Å². The standard InChI is InChI=1S/C41H47F3N10O7/c1-51-30-20-46-40(50-34(30)53(23-6-3-4-7-23)21-41(43,44)39(51)60)48-28-19-26(42)25(18-31(28)61-2)35(56)47-22-12-15-52(16-13-22)17-14-45-27-9-5-8-24-33(27)38(59)54(37(24)58)29-10-11-32(55)49-36(29)57/h8,18-20,22-23,29,45H,3-7,9-17,21H2,1-2H3,(H,47,56)(H,46,48,50)(H,49,55,57). The number of imide groups is 2. The Hall–Kier alpha value is -6.05. The van der Waals surface area contributed by atoms with Crippen molar-refractivity contribution in [1.29, 1.82) is 0 Å². The Bertz CT molecular complexity index is 2240. The number of allylic oxidation sites excluding steroid dienone is 2. The molecule has 324 valence electrons. The van der Waals surface area contributed by atoms with Gasteiger partial charge in [-0.25, -0.2) is 9.37 Å². The molecule has 2 aromatic rings. The quantitative estimate of drug-likeness (QED) is 0.241. The van der Waals surface area contributed by atoms with Crippen LogP contribution in [0, 0.1) is 5.82 Å². The number of nitrogens with zero attached hydrogens (tertiary/aromatic N) is 6. The Labute approximate surface area is 349 Å². The average Bonchev–Trinajstić information content (AvgIpc) is 3.85. The summed E-state index contributed by atoms with van der Waals surface area (Å²) in [6.45, 7) is 1.54. The highest BCUT2D eigenvalue weighted by molar-refractivity contribution is 6.26. The maximum absolute atomic E-state index is 15.6. The minimum Gasteiger partial charge on any atom is -0.495 e. The summed E-state index contributed by atoms with van der Waals surface area (Å²) >= 11 is 0. The molecule has 61 heavy (non-hydrogen) atoms. The average molecular weight is 849 g/mol. The molecule has 0 bridgehead atoms. The maximum Gasteiger partial charge on any atom is 0.342 e. The number of piperidine rings is 2. The minimum atomic E-state index is -3.64. The van der Waals surface area contributed by atoms with Gasteiger partial charge in [0, 0.05) is 63.5 Å². The number of carbonyl (C=O) groups is 6. The summed E-state index contributed by atoms with van der Waals surface area (Å²) in [6, 6.07) is 0.844. The number of rotatable bonds is 11. The van der Waals surface area contributed by atoms with Gasteiger partial charge in [-0.3, -0.25) is 39.0 Å². The third-order valence-electron chi connectivity index (χ3n) is 12.3. The number of hydrogen-bond donors (Lipinski definition) is 4. The van der Waals surface area contributed by atoms with E-state index in [1.807, 2.05) is 0 Å². The van der Waals surface area contributed by atoms with Crippen LogP contribution in [0.1, 0.15) is 74.6 Å². The second kappa shape index (κ2) is 16.8. The largest absolute Gasteiger partial charge is 0.495 e. The van der Waals surface area contributed by atoms with E-state index in [1.54, 1.807) is 6.08 Å². The van der Waals surface area contributed by atoms with Crippen molar-refractivity contribution in [1.82, 2.24) is 35.7 Å². The van der Waals surface area contributed by atoms with Crippen molar-refractivity contribution in [3.63, 3.8) is 0 Å². The zero-order valence-corrected chi connectivity index (χ0v) is 33.8. The van der Waals surface area contributed by atoms with Crippen molar-refractivity contribution >= 4 is 58.6 Å². The molecule has 4 aliphatic heterocycles. The number of amides is 6. The molecule has 8 rings (SSSR count). The van der Waals surface area contributed by atoms with Gasteiger partial charge < -0.3 is 35.4 Å². The molecule has 4 fully saturated rings. The number of fused-ring (bicyclic) bond motifs is 2. The van der Waals surface area contributed by atoms with Gasteiger partial charge in [0.2, 0.25) is 17.8 Å². The van der Waals surface area contributed by atoms with Crippen LogP contribution in [-0.2, 0) is 24.0 Å². The van der Waals surface area contributed by atoms with Gasteiger partial charge in [0.15, 0.2) is 5.82 Å². The van der Waals surface area contributed by atoms with Gasteiger partial charge in [-0.05, 0) is 51.0 Å². The van der Waals surface area contributed by atoms with Crippen LogP contribution in [0.2, 0.25) is 0 Å². The fraction of sp³-hybridized carbons (Fsp3) is 0.512. The number of halogens is 3. The Morgan fingerprint density at radius 3 is 2.49 bits per heavy atom. The minimum absolute atomic E-state index is 0.0408. The van der Waals surface area contributed by atoms with Gasteiger partial charge in [0.25, 0.3) is 23.6 Å². The molecular formula is C41H47F3N10O7. The normalized spacial score (nSPS) is 22.5. The van der Waals surface area contributed by atoms with E-state index in [1.165, 1.54) is 31.3 Å². The molecular weight excluding hydrogens is 802 g/mol. The van der Waals surface area contributed by atoms with E-state index in [4.69, 9.17) is 4.74 Å². The summed E-state index contributed by atoms with van der Waals surface area (Å²) in [5.74, 6) is -8.39. The first kappa shape index (κ1) is 41.7. The summed E-state index contributed by atoms with van der Waals surface area (Å²) in [6.07, 6.45) is 8.46. The van der Waals surface area contributed by atoms with E-state index >= 15 is 13.2 Å². The number of nitrogens with one attached hydrogen (secondary N) is 4. The summed E-state index contributed by atoms with van der Waals surface area (Å²) in [7, 11) is 2.61. The van der Waals surface area contributed by atoms with Crippen LogP contribution >= 0.6 is 0 Å². The monoisotopic (exact) mass is 848 g/mol. The first-order valence-electron chi connectivity index (χ1n) is 20.6. The predicted octanol–water partition coefficient (Wildman–Crippen LogP) is 2.66. The molecule has 0 radical (unpaired) electrons. The Morgan fingerprint density at radius 1 is 1.02 bits per heavy atom. The lowest BCUT2D eigenvalue weighted by molar-refractivity contribution is -0.149. The number of anilines is 4. The molecule has 20 heteroatoms. The summed E-state index contributed by atoms with van der Waals surface area (Å²) in [5, 5.41) is 11.4. The van der Waals surface area contributed by atoms with Gasteiger partial charge in [-0.1, -0.05) is 18.9 Å². The van der Waals surface area contributed by atoms with Crippen LogP contribution in [0.15, 0.2) is 41.2 Å². The number of alkyl halides is 2. The molecule has 0 spiro atoms. The van der Waals surface area contributed by atoms with Crippen LogP contribution in [0.25, 0.3) is 0 Å². The molecule has 4 N–H and O–H groups in total. The Kier molecular flexibility index (Phi) is 11.5. The third-order valence-corrected chi connectivity index (χ3v) is 12.3. The molecule has 6 amide bonds. The molecule has 17 nitrogen and oxygen atoms in total. The first-order chi connectivity index (χ1) is 29.2. The topological polar surface area (TPSA) is 199 Å². The van der Waals surface area contributed by atoms with Crippen molar-refractivity contribution in [2.24, 2.45) is 0 Å². The van der Waals surface area contributed by atoms with E-state index in [0.717, 1.165) is 28.7 Å². The fourth-order valence-electron chi connectivity index (χ4n) is 9.07. The zero-order chi connectivity index (χ0) is 43.2. The van der Waals surface area contributed by atoms with E-state index in [2.05, 4.69) is 36.1 Å². The maximum atomic E-state index is 15.6. The van der Waals surface area contributed by atoms with E-state index in [9.17, 15) is 28.8 Å². The van der Waals surface area contributed by atoms with Crippen LogP contribution in [0.3, 0.4) is 0 Å². The van der Waals surface area contributed by atoms with Crippen LogP contribution < -0.4 is 35.8 Å². The number of hydrogen-bond acceptors (Lipinski definition) is 13. The van der Waals surface area contributed by atoms with Gasteiger partial charge in [0.1, 0.15) is 23.3 Å². The zero-order valence-electron chi connectivity index (χ0n) is 33.8. The SMILES string of the molecule is COc1cc(C(=O)NC2CCN(CCNC3=C4C(=O)N(C5CCC(=O)NC5=O)C(=O)C4=CCC3)CC2)c(F)cc1Nc1ncc2c(n1)N(C1CCCC1)CC(F)(F)C(=O)N2C. The molecule has 1 aromatic heterocycles. The van der Waals surface area contributed by atoms with Gasteiger partial charge >= 0.3 is 5.92 Å². The number of carbonyl (C=O) groups excluding carboxylic acids is 6. The lowest BCUT2D eigenvalue weighted by atomic mass is 9.96. The second-order valence-electron chi connectivity index (χ2n) is 16.2. The molecule has 2 aliphatic carbocycles. The van der Waals surface area contributed by atoms with Crippen molar-refractivity contribution < 1.29 is 46.7 Å². The van der Waals surface area contributed by atoms with E-state index in [0.29, 0.717) is 70.4 Å². The van der Waals surface area contributed by atoms with Gasteiger partial charge in [-0.2, -0.15) is 13.8 Å². The number of aromatic nitrogens is 2. The summed E-state index contributed by atoms with van der Waals surface area (Å²) in [5.41, 5.74) is 1.17. The summed E-state index contributed by atoms with van der Waals surface area (Å²) in [4.78, 5) is 91.1. The molecule has 1 saturated carbocycles. The fourth-order valence-corrected chi connectivity index (χ4v) is 9.07. The summed E-state index contributed by atoms with van der Waals surface area (Å²) < 4.78 is 51.2. The van der Waals surface area contributed by atoms with Crippen molar-refractivity contribution in [2.45, 2.75) is 88.3 Å². The molecule has 1 atom stereocenters. The van der Waals surface area contributed by atoms with E-state index < -0.39 is 59.8 Å². The molecule has 1 unspecified atom stereocenters. The molecule has 6 aliphatic rings. The van der Waals surface area contributed by atoms with Crippen molar-refractivity contribution in [3.8, 4) is 5.75 Å². The van der Waals surface area contributed by atoms with E-state index in [-0.39, 0.29) is 70.5 Å². The lowest BCUT2D eigenvalue weighted by Gasteiger charge is -2.32. The molecule has 1 aromatic carbocycles. The molecule has 3 saturated heterocycles. The Morgan fingerprint density at radius 2 is 1.77 bits per heavy atom. The van der Waals surface area contributed by atoms with Crippen molar-refractivity contribution in [3.05, 3.63) is 52.6 Å². The lowest BCUT2D eigenvalue weighted by Crippen LogP contribution is -2.54. The number of methoxy groups -OCH3 is 1. The van der Waals surface area contributed by atoms with Crippen molar-refractivity contribution in [2.75, 3.05) is 62.0 Å². The molecule has 5 heterocycles. The number of likely N-dealkylation sites (tertiary alicyclic amines) is 2. The highest BCUT2D eigenvalue weighted by Gasteiger charge is 2.50. The number of benzene rings is 1. The van der Waals surface area contributed by atoms with Gasteiger partial charge in [0.05, 0.1) is 42.2 Å². The Balaban J connectivity index is 0.866. The van der Waals surface area contributed by atoms with Crippen LogP contribution in [0.4, 0.5) is 36.3 Å². The second-order valence-corrected chi connectivity index (χ2v) is 16.2. The highest BCUT2D eigenvalue weighted by atomic mass is 19.3. The number of ether oxygens (including phenoxy) is 1. The highest BCUT2D eigenvalue weighted by Crippen LogP contribution is 2.41. The van der Waals surface area contributed by atoms with Crippen LogP contribution in [-0.4, -0.2) is 126 Å².